The quantitative estimate of drug-likeness (QED) is 0.384. The summed E-state index contributed by atoms with van der Waals surface area (Å²) in [5, 5.41) is 15.4. The summed E-state index contributed by atoms with van der Waals surface area (Å²) in [6.07, 6.45) is 0.530. The van der Waals surface area contributed by atoms with Crippen LogP contribution in [0.25, 0.3) is 0 Å². The lowest BCUT2D eigenvalue weighted by Crippen LogP contribution is -2.53. The number of aliphatic hydroxyl groups excluding tert-OH is 1. The summed E-state index contributed by atoms with van der Waals surface area (Å²) in [6.45, 7) is 3.99. The minimum atomic E-state index is -0.851. The first-order valence-corrected chi connectivity index (χ1v) is 10.4. The molecule has 0 aromatic heterocycles. The predicted octanol–water partition coefficient (Wildman–Crippen LogP) is 0.374. The second-order valence-corrected chi connectivity index (χ2v) is 8.27. The number of nitrogens with one attached hydrogen (secondary N) is 2. The molecular formula is C22H33N3O5. The molecular weight excluding hydrogens is 386 g/mol. The highest BCUT2D eigenvalue weighted by atomic mass is 16.5. The molecule has 1 aliphatic rings. The molecule has 8 nitrogen and oxygen atoms in total. The number of amides is 2. The van der Waals surface area contributed by atoms with Crippen molar-refractivity contribution in [2.45, 2.75) is 51.3 Å². The van der Waals surface area contributed by atoms with E-state index in [9.17, 15) is 19.5 Å². The number of nitrogens with two attached hydrogens (primary N) is 1. The Balaban J connectivity index is 2.11. The van der Waals surface area contributed by atoms with Crippen molar-refractivity contribution in [3.8, 4) is 0 Å². The fourth-order valence-corrected chi connectivity index (χ4v) is 3.55. The zero-order chi connectivity index (χ0) is 22.3. The van der Waals surface area contributed by atoms with Gasteiger partial charge >= 0.3 is 5.97 Å². The molecule has 30 heavy (non-hydrogen) atoms. The lowest BCUT2D eigenvalue weighted by molar-refractivity contribution is -0.145. The zero-order valence-electron chi connectivity index (χ0n) is 17.8. The lowest BCUT2D eigenvalue weighted by atomic mass is 10.0. The first kappa shape index (κ1) is 23.8. The summed E-state index contributed by atoms with van der Waals surface area (Å²) in [7, 11) is 1.28. The Labute approximate surface area is 177 Å². The largest absolute Gasteiger partial charge is 0.467 e. The normalized spacial score (nSPS) is 20.7. The minimum absolute atomic E-state index is 0.0956. The molecule has 0 radical (unpaired) electrons. The van der Waals surface area contributed by atoms with E-state index < -0.39 is 30.1 Å². The van der Waals surface area contributed by atoms with Gasteiger partial charge in [0.25, 0.3) is 0 Å². The molecule has 1 aliphatic carbocycles. The fraction of sp³-hybridized carbons (Fsp3) is 0.591. The molecule has 8 heteroatoms. The van der Waals surface area contributed by atoms with Crippen LogP contribution in [0, 0.1) is 17.8 Å². The van der Waals surface area contributed by atoms with Gasteiger partial charge in [-0.3, -0.25) is 9.59 Å². The van der Waals surface area contributed by atoms with Crippen molar-refractivity contribution in [3.63, 3.8) is 0 Å². The third kappa shape index (κ3) is 6.81. The van der Waals surface area contributed by atoms with Crippen LogP contribution in [0.2, 0.25) is 0 Å². The summed E-state index contributed by atoms with van der Waals surface area (Å²) >= 11 is 0. The highest BCUT2D eigenvalue weighted by Crippen LogP contribution is 2.41. The van der Waals surface area contributed by atoms with E-state index >= 15 is 0 Å². The zero-order valence-corrected chi connectivity index (χ0v) is 17.8. The number of methoxy groups -OCH3 is 1. The summed E-state index contributed by atoms with van der Waals surface area (Å²) in [5.74, 6) is -1.63. The molecule has 0 unspecified atom stereocenters. The molecule has 1 fully saturated rings. The average molecular weight is 420 g/mol. The Kier molecular flexibility index (Phi) is 8.80. The Morgan fingerprint density at radius 3 is 2.40 bits per heavy atom. The van der Waals surface area contributed by atoms with Gasteiger partial charge in [-0.25, -0.2) is 4.79 Å². The Morgan fingerprint density at radius 2 is 1.83 bits per heavy atom. The molecule has 2 rings (SSSR count). The van der Waals surface area contributed by atoms with Gasteiger partial charge in [0, 0.05) is 18.9 Å². The Bertz CT molecular complexity index is 725. The van der Waals surface area contributed by atoms with Crippen LogP contribution in [-0.4, -0.2) is 54.7 Å². The number of carbonyl (C=O) groups is 3. The first-order chi connectivity index (χ1) is 14.3. The molecule has 2 amide bonds. The van der Waals surface area contributed by atoms with Gasteiger partial charge in [0.2, 0.25) is 11.8 Å². The van der Waals surface area contributed by atoms with Crippen molar-refractivity contribution < 1.29 is 24.2 Å². The summed E-state index contributed by atoms with van der Waals surface area (Å²) in [6, 6.07) is 7.69. The van der Waals surface area contributed by atoms with Crippen LogP contribution in [0.3, 0.4) is 0 Å². The maximum absolute atomic E-state index is 13.0. The van der Waals surface area contributed by atoms with Gasteiger partial charge in [-0.15, -0.1) is 0 Å². The second-order valence-electron chi connectivity index (χ2n) is 8.27. The molecule has 166 valence electrons. The molecule has 5 N–H and O–H groups in total. The highest BCUT2D eigenvalue weighted by molar-refractivity contribution is 5.92. The van der Waals surface area contributed by atoms with Crippen molar-refractivity contribution in [2.24, 2.45) is 23.5 Å². The maximum atomic E-state index is 13.0. The molecule has 5 atom stereocenters. The highest BCUT2D eigenvalue weighted by Gasteiger charge is 2.47. The van der Waals surface area contributed by atoms with Crippen LogP contribution in [0.15, 0.2) is 30.3 Å². The minimum Gasteiger partial charge on any atom is -0.467 e. The third-order valence-electron chi connectivity index (χ3n) is 5.34. The second kappa shape index (κ2) is 11.1. The summed E-state index contributed by atoms with van der Waals surface area (Å²) in [4.78, 5) is 37.8. The molecule has 1 saturated carbocycles. The number of carbonyl (C=O) groups excluding carboxylic acids is 3. The van der Waals surface area contributed by atoms with Gasteiger partial charge in [-0.2, -0.15) is 0 Å². The van der Waals surface area contributed by atoms with Crippen LogP contribution in [0.1, 0.15) is 32.3 Å². The third-order valence-corrected chi connectivity index (χ3v) is 5.34. The molecule has 0 saturated heterocycles. The summed E-state index contributed by atoms with van der Waals surface area (Å²) < 4.78 is 4.81. The van der Waals surface area contributed by atoms with Gasteiger partial charge < -0.3 is 26.2 Å². The number of hydrogen-bond acceptors (Lipinski definition) is 6. The van der Waals surface area contributed by atoms with Gasteiger partial charge in [0.15, 0.2) is 0 Å². The smallest absolute Gasteiger partial charge is 0.328 e. The number of hydrogen-bond donors (Lipinski definition) is 4. The predicted molar refractivity (Wildman–Crippen MR) is 112 cm³/mol. The van der Waals surface area contributed by atoms with E-state index in [1.165, 1.54) is 7.11 Å². The first-order valence-electron chi connectivity index (χ1n) is 10.4. The van der Waals surface area contributed by atoms with Crippen LogP contribution < -0.4 is 16.4 Å². The Morgan fingerprint density at radius 1 is 1.17 bits per heavy atom. The monoisotopic (exact) mass is 419 g/mol. The topological polar surface area (TPSA) is 131 Å². The van der Waals surface area contributed by atoms with Crippen molar-refractivity contribution in [1.82, 2.24) is 10.6 Å². The molecule has 0 bridgehead atoms. The maximum Gasteiger partial charge on any atom is 0.328 e. The van der Waals surface area contributed by atoms with Crippen LogP contribution in [-0.2, 0) is 25.5 Å². The van der Waals surface area contributed by atoms with E-state index in [1.807, 2.05) is 44.2 Å². The Hall–Kier alpha value is -2.45. The lowest BCUT2D eigenvalue weighted by Gasteiger charge is -2.23. The average Bonchev–Trinajstić information content (AvgIpc) is 3.53. The van der Waals surface area contributed by atoms with Crippen molar-refractivity contribution >= 4 is 17.8 Å². The number of aliphatic hydroxyl groups is 1. The van der Waals surface area contributed by atoms with Gasteiger partial charge in [0.1, 0.15) is 12.1 Å². The van der Waals surface area contributed by atoms with Crippen LogP contribution in [0.4, 0.5) is 0 Å². The van der Waals surface area contributed by atoms with E-state index in [4.69, 9.17) is 10.5 Å². The summed E-state index contributed by atoms with van der Waals surface area (Å²) in [5.41, 5.74) is 6.35. The van der Waals surface area contributed by atoms with E-state index in [0.29, 0.717) is 12.8 Å². The molecule has 1 aromatic carbocycles. The van der Waals surface area contributed by atoms with E-state index in [0.717, 1.165) is 5.56 Å². The van der Waals surface area contributed by atoms with E-state index in [-0.39, 0.29) is 36.6 Å². The van der Waals surface area contributed by atoms with E-state index in [1.54, 1.807) is 0 Å². The van der Waals surface area contributed by atoms with Crippen LogP contribution in [0.5, 0.6) is 0 Å². The van der Waals surface area contributed by atoms with E-state index in [2.05, 4.69) is 10.6 Å². The molecule has 0 aliphatic heterocycles. The van der Waals surface area contributed by atoms with Gasteiger partial charge in [-0.05, 0) is 30.2 Å². The van der Waals surface area contributed by atoms with Gasteiger partial charge in [0.05, 0.1) is 13.2 Å². The number of esters is 1. The number of rotatable bonds is 11. The van der Waals surface area contributed by atoms with Crippen molar-refractivity contribution in [2.75, 3.05) is 13.7 Å². The fourth-order valence-electron chi connectivity index (χ4n) is 3.55. The van der Waals surface area contributed by atoms with Crippen molar-refractivity contribution in [3.05, 3.63) is 35.9 Å². The van der Waals surface area contributed by atoms with Gasteiger partial charge in [-0.1, -0.05) is 44.2 Å². The van der Waals surface area contributed by atoms with Crippen LogP contribution >= 0.6 is 0 Å². The van der Waals surface area contributed by atoms with Crippen molar-refractivity contribution in [1.29, 1.82) is 0 Å². The number of ether oxygens (including phenoxy) is 1. The molecule has 0 heterocycles. The SMILES string of the molecule is COC(=O)[C@H](CC(C)C)NC(=O)[C@H](Cc1ccccc1)NC(=O)[C@H]1C[C@H]1[C@H](O)CN. The molecule has 1 aromatic rings. The molecule has 0 spiro atoms. The number of benzene rings is 1. The standard InChI is InChI=1S/C22H33N3O5/c1-13(2)9-18(22(29)30-3)25-21(28)17(10-14-7-5-4-6-8-14)24-20(27)16-11-15(16)19(26)12-23/h4-8,13,15-19,26H,9-12,23H2,1-3H3,(H,24,27)(H,25,28)/t15-,16+,17+,18+,19-/m1/s1.